The fourth-order valence-electron chi connectivity index (χ4n) is 2.17. The van der Waals surface area contributed by atoms with Gasteiger partial charge in [0.05, 0.1) is 0 Å². The zero-order valence-electron chi connectivity index (χ0n) is 10.3. The monoisotopic (exact) mass is 381 g/mol. The first-order chi connectivity index (χ1) is 8.83. The molecule has 19 heavy (non-hydrogen) atoms. The maximum atomic E-state index is 6.02. The summed E-state index contributed by atoms with van der Waals surface area (Å²) in [6.45, 7) is 0.875. The first-order valence-electron chi connectivity index (χ1n) is 5.94. The quantitative estimate of drug-likeness (QED) is 0.457. The van der Waals surface area contributed by atoms with Gasteiger partial charge < -0.3 is 24.0 Å². The highest BCUT2D eigenvalue weighted by Gasteiger charge is 2.08. The van der Waals surface area contributed by atoms with E-state index in [4.69, 9.17) is 11.6 Å². The van der Waals surface area contributed by atoms with Crippen molar-refractivity contribution in [3.05, 3.63) is 77.4 Å². The SMILES string of the molecule is Clc1ccc2c(ccc[n+]2Cc2ccccc2)c1.[I-]. The van der Waals surface area contributed by atoms with Crippen molar-refractivity contribution in [2.45, 2.75) is 6.54 Å². The largest absolute Gasteiger partial charge is 1.00 e. The number of pyridine rings is 1. The number of aromatic nitrogens is 1. The molecule has 2 aromatic carbocycles. The van der Waals surface area contributed by atoms with Crippen LogP contribution in [0.15, 0.2) is 66.9 Å². The van der Waals surface area contributed by atoms with Crippen LogP contribution in [0.2, 0.25) is 5.02 Å². The molecule has 1 aromatic heterocycles. The van der Waals surface area contributed by atoms with Gasteiger partial charge in [0, 0.05) is 28.1 Å². The fourth-order valence-corrected chi connectivity index (χ4v) is 2.35. The Hall–Kier alpha value is -1.13. The summed E-state index contributed by atoms with van der Waals surface area (Å²) in [6, 6.07) is 20.6. The number of hydrogen-bond acceptors (Lipinski definition) is 0. The lowest BCUT2D eigenvalue weighted by atomic mass is 10.2. The number of hydrogen-bond donors (Lipinski definition) is 0. The van der Waals surface area contributed by atoms with Gasteiger partial charge in [-0.3, -0.25) is 0 Å². The molecule has 0 N–H and O–H groups in total. The van der Waals surface area contributed by atoms with Crippen LogP contribution in [0.1, 0.15) is 5.56 Å². The predicted octanol–water partition coefficient (Wildman–Crippen LogP) is 0.833. The highest BCUT2D eigenvalue weighted by Crippen LogP contribution is 2.16. The van der Waals surface area contributed by atoms with Crippen LogP contribution < -0.4 is 28.5 Å². The molecule has 3 heteroatoms. The van der Waals surface area contributed by atoms with Crippen LogP contribution >= 0.6 is 11.6 Å². The molecule has 3 rings (SSSR count). The van der Waals surface area contributed by atoms with E-state index in [1.165, 1.54) is 16.5 Å². The number of halogens is 2. The van der Waals surface area contributed by atoms with Crippen molar-refractivity contribution in [1.29, 1.82) is 0 Å². The molecule has 1 nitrogen and oxygen atoms in total. The summed E-state index contributed by atoms with van der Waals surface area (Å²) in [5.41, 5.74) is 2.50. The molecule has 96 valence electrons. The van der Waals surface area contributed by atoms with Crippen molar-refractivity contribution >= 4 is 22.5 Å². The van der Waals surface area contributed by atoms with E-state index in [1.807, 2.05) is 18.2 Å². The highest BCUT2D eigenvalue weighted by molar-refractivity contribution is 6.31. The number of fused-ring (bicyclic) bond motifs is 1. The molecular formula is C16H13ClIN. The molecule has 0 fully saturated rings. The normalized spacial score (nSPS) is 10.2. The molecule has 3 aromatic rings. The molecule has 1 heterocycles. The summed E-state index contributed by atoms with van der Waals surface area (Å²) in [6.07, 6.45) is 2.10. The van der Waals surface area contributed by atoms with Crippen molar-refractivity contribution in [3.8, 4) is 0 Å². The number of rotatable bonds is 2. The molecule has 0 bridgehead atoms. The molecule has 0 aliphatic heterocycles. The second-order valence-electron chi connectivity index (χ2n) is 4.32. The topological polar surface area (TPSA) is 3.88 Å². The molecule has 0 spiro atoms. The summed E-state index contributed by atoms with van der Waals surface area (Å²) in [5.74, 6) is 0. The molecule has 0 aliphatic rings. The summed E-state index contributed by atoms with van der Waals surface area (Å²) >= 11 is 6.02. The first kappa shape index (κ1) is 14.3. The molecule has 0 saturated carbocycles. The van der Waals surface area contributed by atoms with E-state index in [2.05, 4.69) is 53.2 Å². The van der Waals surface area contributed by atoms with Gasteiger partial charge in [-0.2, -0.15) is 4.57 Å². The second-order valence-corrected chi connectivity index (χ2v) is 4.76. The van der Waals surface area contributed by atoms with Gasteiger partial charge >= 0.3 is 0 Å². The molecule has 0 saturated heterocycles. The van der Waals surface area contributed by atoms with Crippen LogP contribution in [0.3, 0.4) is 0 Å². The van der Waals surface area contributed by atoms with Crippen LogP contribution in [-0.4, -0.2) is 0 Å². The van der Waals surface area contributed by atoms with Gasteiger partial charge in [-0.05, 0) is 18.2 Å². The Morgan fingerprint density at radius 2 is 1.68 bits per heavy atom. The van der Waals surface area contributed by atoms with Crippen molar-refractivity contribution in [2.75, 3.05) is 0 Å². The lowest BCUT2D eigenvalue weighted by molar-refractivity contribution is -0.662. The van der Waals surface area contributed by atoms with E-state index in [-0.39, 0.29) is 24.0 Å². The van der Waals surface area contributed by atoms with E-state index < -0.39 is 0 Å². The Kier molecular flexibility index (Phi) is 4.77. The third-order valence-electron chi connectivity index (χ3n) is 3.04. The van der Waals surface area contributed by atoms with Crippen LogP contribution in [0.4, 0.5) is 0 Å². The first-order valence-corrected chi connectivity index (χ1v) is 6.32. The average Bonchev–Trinajstić information content (AvgIpc) is 2.40. The number of benzene rings is 2. The van der Waals surface area contributed by atoms with E-state index in [9.17, 15) is 0 Å². The molecule has 0 atom stereocenters. The summed E-state index contributed by atoms with van der Waals surface area (Å²) in [4.78, 5) is 0. The molecular weight excluding hydrogens is 369 g/mol. The minimum absolute atomic E-state index is 0. The van der Waals surface area contributed by atoms with Crippen molar-refractivity contribution in [3.63, 3.8) is 0 Å². The third kappa shape index (κ3) is 3.25. The summed E-state index contributed by atoms with van der Waals surface area (Å²) < 4.78 is 2.24. The molecule has 0 radical (unpaired) electrons. The van der Waals surface area contributed by atoms with Crippen molar-refractivity contribution in [1.82, 2.24) is 0 Å². The van der Waals surface area contributed by atoms with Gasteiger partial charge in [-0.1, -0.05) is 41.9 Å². The van der Waals surface area contributed by atoms with E-state index >= 15 is 0 Å². The lowest BCUT2D eigenvalue weighted by Gasteiger charge is -2.02. The summed E-state index contributed by atoms with van der Waals surface area (Å²) in [5, 5.41) is 1.95. The van der Waals surface area contributed by atoms with Gasteiger partial charge in [0.2, 0.25) is 5.52 Å². The van der Waals surface area contributed by atoms with E-state index in [0.29, 0.717) is 0 Å². The van der Waals surface area contributed by atoms with Gasteiger partial charge in [0.25, 0.3) is 0 Å². The third-order valence-corrected chi connectivity index (χ3v) is 3.27. The average molecular weight is 382 g/mol. The summed E-state index contributed by atoms with van der Waals surface area (Å²) in [7, 11) is 0. The Balaban J connectivity index is 0.00000133. The van der Waals surface area contributed by atoms with Gasteiger partial charge in [0.15, 0.2) is 12.7 Å². The van der Waals surface area contributed by atoms with E-state index in [1.54, 1.807) is 0 Å². The lowest BCUT2D eigenvalue weighted by Crippen LogP contribution is -3.00. The Bertz CT molecular complexity index is 683. The van der Waals surface area contributed by atoms with Crippen LogP contribution in [0.25, 0.3) is 10.9 Å². The Morgan fingerprint density at radius 3 is 2.47 bits per heavy atom. The van der Waals surface area contributed by atoms with Gasteiger partial charge in [-0.25, -0.2) is 0 Å². The molecule has 0 aliphatic carbocycles. The van der Waals surface area contributed by atoms with Crippen LogP contribution in [0, 0.1) is 0 Å². The minimum atomic E-state index is 0. The second kappa shape index (κ2) is 6.35. The minimum Gasteiger partial charge on any atom is -1.00 e. The van der Waals surface area contributed by atoms with Gasteiger partial charge in [-0.15, -0.1) is 0 Å². The Morgan fingerprint density at radius 1 is 0.895 bits per heavy atom. The van der Waals surface area contributed by atoms with Crippen molar-refractivity contribution in [2.24, 2.45) is 0 Å². The highest BCUT2D eigenvalue weighted by atomic mass is 127. The fraction of sp³-hybridized carbons (Fsp3) is 0.0625. The standard InChI is InChI=1S/C16H13ClN.HI/c17-15-8-9-16-14(11-15)7-4-10-18(16)12-13-5-2-1-3-6-13;/h1-11H,12H2;1H/q+1;/p-1. The van der Waals surface area contributed by atoms with Crippen LogP contribution in [-0.2, 0) is 6.54 Å². The van der Waals surface area contributed by atoms with Gasteiger partial charge in [0.1, 0.15) is 0 Å². The Labute approximate surface area is 134 Å². The maximum absolute atomic E-state index is 6.02. The zero-order valence-corrected chi connectivity index (χ0v) is 13.2. The predicted molar refractivity (Wildman–Crippen MR) is 74.7 cm³/mol. The molecule has 0 unspecified atom stereocenters. The number of nitrogens with zero attached hydrogens (tertiary/aromatic N) is 1. The smallest absolute Gasteiger partial charge is 0.212 e. The van der Waals surface area contributed by atoms with E-state index in [0.717, 1.165) is 11.6 Å². The van der Waals surface area contributed by atoms with Crippen molar-refractivity contribution < 1.29 is 28.5 Å². The zero-order chi connectivity index (χ0) is 12.4. The molecule has 0 amide bonds. The van der Waals surface area contributed by atoms with Crippen LogP contribution in [0.5, 0.6) is 0 Å². The maximum Gasteiger partial charge on any atom is 0.212 e.